The van der Waals surface area contributed by atoms with Crippen LogP contribution in [0.4, 0.5) is 18.4 Å². The van der Waals surface area contributed by atoms with E-state index in [4.69, 9.17) is 32.7 Å². The fourth-order valence-electron chi connectivity index (χ4n) is 4.81. The van der Waals surface area contributed by atoms with Crippen LogP contribution in [0.25, 0.3) is 4.98 Å². The summed E-state index contributed by atoms with van der Waals surface area (Å²) in [7, 11) is 0.889. The Balaban J connectivity index is 0.000000423. The van der Waals surface area contributed by atoms with E-state index < -0.39 is 38.0 Å². The molecule has 0 radical (unpaired) electrons. The number of rotatable bonds is 9. The van der Waals surface area contributed by atoms with Crippen LogP contribution in [-0.4, -0.2) is 74.4 Å². The molecule has 4 amide bonds. The summed E-state index contributed by atoms with van der Waals surface area (Å²) in [6, 6.07) is 8.41. The topological polar surface area (TPSA) is 107 Å². The van der Waals surface area contributed by atoms with Crippen LogP contribution in [-0.2, 0) is 31.9 Å². The van der Waals surface area contributed by atoms with Gasteiger partial charge < -0.3 is 14.5 Å². The van der Waals surface area contributed by atoms with Gasteiger partial charge in [-0.3, -0.25) is 9.59 Å². The summed E-state index contributed by atoms with van der Waals surface area (Å²) in [5, 5.41) is 0.0961. The van der Waals surface area contributed by atoms with E-state index >= 15 is 0 Å². The van der Waals surface area contributed by atoms with Crippen LogP contribution < -0.4 is 18.9 Å². The number of imide groups is 2. The second-order valence-electron chi connectivity index (χ2n) is 13.7. The summed E-state index contributed by atoms with van der Waals surface area (Å²) in [5.41, 5.74) is 1.33. The minimum absolute atomic E-state index is 0. The molecule has 0 N–H and O–H groups in total. The predicted octanol–water partition coefficient (Wildman–Crippen LogP) is 5.91. The largest absolute Gasteiger partial charge is 1.00 e. The number of hydrogen-bond donors (Lipinski definition) is 0. The molecule has 2 fully saturated rings. The van der Waals surface area contributed by atoms with Crippen molar-refractivity contribution in [3.63, 3.8) is 0 Å². The minimum atomic E-state index is -1.01. The van der Waals surface area contributed by atoms with E-state index in [1.165, 1.54) is 34.1 Å². The first-order chi connectivity index (χ1) is 22.8. The van der Waals surface area contributed by atoms with Gasteiger partial charge in [0, 0.05) is 12.3 Å². The Morgan fingerprint density at radius 3 is 1.70 bits per heavy atom. The number of aryl methyl sites for hydroxylation is 1. The van der Waals surface area contributed by atoms with E-state index in [1.54, 1.807) is 19.1 Å². The van der Waals surface area contributed by atoms with Crippen molar-refractivity contribution in [3.8, 4) is 0 Å². The van der Waals surface area contributed by atoms with Crippen LogP contribution in [0, 0.1) is 29.4 Å². The predicted molar refractivity (Wildman–Crippen MR) is 190 cm³/mol. The van der Waals surface area contributed by atoms with Gasteiger partial charge in [-0.2, -0.15) is 7.05 Å². The molecule has 4 rings (SSSR count). The number of carbonyl (C=O) groups excluding carboxylic acids is 4. The monoisotopic (exact) mass is 749 g/mol. The standard InChI is InChI=1S/C16H19ClFNO3.C15H17ClFNO3.C4H12NSi.Li/c1-9(2)14-8-22-16(21)19(14)15(20)10(3)6-11-4-5-12(17)13(18)7-11;1-9(2)13-8-21-15(20)18(13)14(19)6-4-10-3-5-11(16)12(17)7-10;1-5-6(2,3)4;/h4-5,7,9-10,14H,6,8H2,1-3H3;3,5,7,9,13H,4,6,8H2,1-2H3;1-4H3;/q;;-1;+1/t10-,14+;13-;;/m10../s1. The fraction of sp³-hybridized carbons (Fsp3) is 0.543. The number of nitrogens with zero attached hydrogens (tertiary/aromatic N) is 3. The molecular formula is C35H48Cl2F2LiN3O6Si. The third-order valence-corrected chi connectivity index (χ3v) is 10.0. The zero-order valence-corrected chi connectivity index (χ0v) is 33.2. The summed E-state index contributed by atoms with van der Waals surface area (Å²) in [6.07, 6.45) is -0.388. The van der Waals surface area contributed by atoms with Crippen LogP contribution in [0.3, 0.4) is 0 Å². The number of hydrogen-bond acceptors (Lipinski definition) is 6. The van der Waals surface area contributed by atoms with Crippen molar-refractivity contribution in [1.82, 2.24) is 9.80 Å². The van der Waals surface area contributed by atoms with Crippen molar-refractivity contribution >= 4 is 55.4 Å². The summed E-state index contributed by atoms with van der Waals surface area (Å²) >= 11 is 11.3. The molecule has 2 aromatic carbocycles. The molecule has 2 heterocycles. The van der Waals surface area contributed by atoms with Crippen molar-refractivity contribution in [3.05, 3.63) is 74.2 Å². The molecular weight excluding hydrogens is 702 g/mol. The normalized spacial score (nSPS) is 17.7. The Labute approximate surface area is 318 Å². The molecule has 0 spiro atoms. The third-order valence-electron chi connectivity index (χ3n) is 8.09. The maximum absolute atomic E-state index is 13.5. The van der Waals surface area contributed by atoms with Gasteiger partial charge in [-0.05, 0) is 60.1 Å². The molecule has 2 saturated heterocycles. The Bertz CT molecular complexity index is 1480. The smallest absolute Gasteiger partial charge is 0.668 e. The first-order valence-corrected chi connectivity index (χ1v) is 20.4. The van der Waals surface area contributed by atoms with Crippen molar-refractivity contribution in [2.24, 2.45) is 17.8 Å². The number of carbonyl (C=O) groups is 4. The molecule has 0 bridgehead atoms. The van der Waals surface area contributed by atoms with Crippen molar-refractivity contribution < 1.29 is 56.3 Å². The third kappa shape index (κ3) is 13.6. The van der Waals surface area contributed by atoms with E-state index in [9.17, 15) is 28.0 Å². The van der Waals surface area contributed by atoms with Crippen LogP contribution in [0.2, 0.25) is 29.7 Å². The maximum Gasteiger partial charge on any atom is 1.00 e. The number of ether oxygens (including phenoxy) is 2. The van der Waals surface area contributed by atoms with Crippen LogP contribution in [0.1, 0.15) is 52.2 Å². The average Bonchev–Trinajstić information content (AvgIpc) is 3.62. The average molecular weight is 751 g/mol. The Kier molecular flexibility index (Phi) is 18.7. The Morgan fingerprint density at radius 2 is 1.26 bits per heavy atom. The van der Waals surface area contributed by atoms with Gasteiger partial charge in [0.05, 0.1) is 22.1 Å². The van der Waals surface area contributed by atoms with Crippen LogP contribution in [0.5, 0.6) is 0 Å². The van der Waals surface area contributed by atoms with E-state index in [0.717, 1.165) is 0 Å². The van der Waals surface area contributed by atoms with Gasteiger partial charge in [0.1, 0.15) is 24.8 Å². The van der Waals surface area contributed by atoms with Gasteiger partial charge in [0.25, 0.3) is 0 Å². The Hall–Kier alpha value is -2.47. The minimum Gasteiger partial charge on any atom is -0.668 e. The van der Waals surface area contributed by atoms with E-state index in [0.29, 0.717) is 24.0 Å². The SMILES string of the molecule is CC(C)[C@@H]1COC(=O)N1C(=O)CCc1ccc(Cl)c(F)c1.CC(C)[C@@H]1COC(=O)N1C(=O)[C@H](C)Cc1ccc(Cl)c(F)c1.C[N-][Si](C)(C)C.[Li+]. The fourth-order valence-corrected chi connectivity index (χ4v) is 5.04. The van der Waals surface area contributed by atoms with Crippen molar-refractivity contribution in [2.45, 2.75) is 85.6 Å². The summed E-state index contributed by atoms with van der Waals surface area (Å²) < 4.78 is 36.7. The van der Waals surface area contributed by atoms with Crippen molar-refractivity contribution in [1.29, 1.82) is 0 Å². The molecule has 2 aliphatic rings. The second-order valence-corrected chi connectivity index (χ2v) is 19.3. The van der Waals surface area contributed by atoms with Gasteiger partial charge in [0.2, 0.25) is 11.8 Å². The molecule has 9 nitrogen and oxygen atoms in total. The molecule has 2 aromatic rings. The summed E-state index contributed by atoms with van der Waals surface area (Å²) in [5.74, 6) is -1.82. The molecule has 2 aliphatic heterocycles. The van der Waals surface area contributed by atoms with Crippen molar-refractivity contribution in [2.75, 3.05) is 20.3 Å². The number of halogens is 4. The number of cyclic esters (lactones) is 2. The van der Waals surface area contributed by atoms with Gasteiger partial charge in [0.15, 0.2) is 0 Å². The van der Waals surface area contributed by atoms with E-state index in [-0.39, 0.29) is 84.3 Å². The van der Waals surface area contributed by atoms with Crippen LogP contribution >= 0.6 is 23.2 Å². The Morgan fingerprint density at radius 1 is 0.840 bits per heavy atom. The van der Waals surface area contributed by atoms with E-state index in [2.05, 4.69) is 24.6 Å². The first-order valence-electron chi connectivity index (χ1n) is 16.2. The molecule has 0 aromatic heterocycles. The zero-order valence-electron chi connectivity index (χ0n) is 30.7. The molecule has 0 unspecified atom stereocenters. The van der Waals surface area contributed by atoms with E-state index in [1.807, 2.05) is 34.7 Å². The summed E-state index contributed by atoms with van der Waals surface area (Å²) in [4.78, 5) is 54.7. The molecule has 0 saturated carbocycles. The maximum atomic E-state index is 13.5. The molecule has 15 heteroatoms. The molecule has 50 heavy (non-hydrogen) atoms. The molecule has 272 valence electrons. The summed E-state index contributed by atoms with van der Waals surface area (Å²) in [6.45, 7) is 16.6. The second kappa shape index (κ2) is 20.5. The van der Waals surface area contributed by atoms with Crippen LogP contribution in [0.15, 0.2) is 36.4 Å². The zero-order chi connectivity index (χ0) is 37.2. The number of amides is 4. The van der Waals surface area contributed by atoms with Gasteiger partial charge in [-0.1, -0.05) is 97.8 Å². The van der Waals surface area contributed by atoms with Gasteiger partial charge in [-0.15, -0.1) is 0 Å². The number of benzene rings is 2. The van der Waals surface area contributed by atoms with Gasteiger partial charge >= 0.3 is 31.0 Å². The molecule has 0 aliphatic carbocycles. The van der Waals surface area contributed by atoms with Gasteiger partial charge in [-0.25, -0.2) is 28.2 Å². The molecule has 3 atom stereocenters. The first kappa shape index (κ1) is 45.6. The quantitative estimate of drug-likeness (QED) is 0.296.